The largest absolute Gasteiger partial charge is 0.359 e. The van der Waals surface area contributed by atoms with Crippen LogP contribution in [0.2, 0.25) is 0 Å². The summed E-state index contributed by atoms with van der Waals surface area (Å²) in [5, 5.41) is 14.8. The molecule has 0 aliphatic carbocycles. The van der Waals surface area contributed by atoms with E-state index in [2.05, 4.69) is 39.8 Å². The van der Waals surface area contributed by atoms with Gasteiger partial charge in [0.15, 0.2) is 17.5 Å². The molecule has 3 rings (SSSR count). The molecule has 0 spiro atoms. The fraction of sp³-hybridized carbons (Fsp3) is 0.409. The van der Waals surface area contributed by atoms with Crippen molar-refractivity contribution < 1.29 is 9.05 Å². The van der Waals surface area contributed by atoms with Gasteiger partial charge in [0.2, 0.25) is 0 Å². The van der Waals surface area contributed by atoms with Gasteiger partial charge in [-0.25, -0.2) is 4.99 Å². The Labute approximate surface area is 171 Å². The van der Waals surface area contributed by atoms with Gasteiger partial charge < -0.3 is 19.7 Å². The topological polar surface area (TPSA) is 88.5 Å². The summed E-state index contributed by atoms with van der Waals surface area (Å²) >= 11 is 0. The van der Waals surface area contributed by atoms with Gasteiger partial charge in [0.05, 0.1) is 18.8 Å². The first kappa shape index (κ1) is 20.6. The Bertz CT molecular complexity index is 897. The molecule has 154 valence electrons. The maximum Gasteiger partial charge on any atom is 0.192 e. The molecule has 0 aliphatic rings. The zero-order valence-corrected chi connectivity index (χ0v) is 17.3. The predicted octanol–water partition coefficient (Wildman–Crippen LogP) is 4.49. The van der Waals surface area contributed by atoms with Gasteiger partial charge in [-0.3, -0.25) is 0 Å². The Morgan fingerprint density at radius 2 is 1.79 bits per heavy atom. The third-order valence-corrected chi connectivity index (χ3v) is 4.77. The van der Waals surface area contributed by atoms with Gasteiger partial charge in [-0.1, -0.05) is 54.5 Å². The lowest BCUT2D eigenvalue weighted by Gasteiger charge is -2.09. The summed E-state index contributed by atoms with van der Waals surface area (Å²) in [7, 11) is 0. The predicted molar refractivity (Wildman–Crippen MR) is 113 cm³/mol. The Balaban J connectivity index is 1.60. The van der Waals surface area contributed by atoms with Crippen LogP contribution < -0.4 is 10.6 Å². The monoisotopic (exact) mass is 395 g/mol. The van der Waals surface area contributed by atoms with Crippen molar-refractivity contribution in [2.45, 2.75) is 52.6 Å². The van der Waals surface area contributed by atoms with Crippen molar-refractivity contribution in [1.29, 1.82) is 0 Å². The number of hydrogen-bond donors (Lipinski definition) is 2. The van der Waals surface area contributed by atoms with Crippen molar-refractivity contribution in [1.82, 2.24) is 20.9 Å². The van der Waals surface area contributed by atoms with E-state index in [1.807, 2.05) is 49.4 Å². The summed E-state index contributed by atoms with van der Waals surface area (Å²) in [4.78, 5) is 4.59. The first-order valence-electron chi connectivity index (χ1n) is 10.2. The third kappa shape index (κ3) is 5.70. The van der Waals surface area contributed by atoms with Crippen molar-refractivity contribution in [3.8, 4) is 11.3 Å². The number of nitrogens with zero attached hydrogens (tertiary/aromatic N) is 3. The second-order valence-electron chi connectivity index (χ2n) is 6.83. The zero-order chi connectivity index (χ0) is 20.5. The normalized spacial score (nSPS) is 11.8. The van der Waals surface area contributed by atoms with E-state index in [-0.39, 0.29) is 0 Å². The van der Waals surface area contributed by atoms with Gasteiger partial charge in [-0.05, 0) is 19.8 Å². The van der Waals surface area contributed by atoms with Crippen LogP contribution in [0, 0.1) is 0 Å². The lowest BCUT2D eigenvalue weighted by Crippen LogP contribution is -2.36. The number of rotatable bonds is 9. The molecular formula is C22H29N5O2. The minimum atomic E-state index is 0.418. The van der Waals surface area contributed by atoms with E-state index in [4.69, 9.17) is 9.05 Å². The molecule has 2 N–H and O–H groups in total. The highest BCUT2D eigenvalue weighted by molar-refractivity contribution is 5.79. The number of hydrogen-bond acceptors (Lipinski definition) is 5. The molecule has 0 saturated carbocycles. The lowest BCUT2D eigenvalue weighted by molar-refractivity contribution is 0.368. The smallest absolute Gasteiger partial charge is 0.192 e. The first-order valence-corrected chi connectivity index (χ1v) is 10.2. The molecule has 0 aliphatic heterocycles. The Hall–Kier alpha value is -3.09. The molecule has 3 aromatic rings. The van der Waals surface area contributed by atoms with E-state index < -0.39 is 0 Å². The van der Waals surface area contributed by atoms with Crippen molar-refractivity contribution in [2.24, 2.45) is 4.99 Å². The van der Waals surface area contributed by atoms with Gasteiger partial charge in [0, 0.05) is 30.2 Å². The van der Waals surface area contributed by atoms with E-state index in [0.717, 1.165) is 47.9 Å². The highest BCUT2D eigenvalue weighted by Crippen LogP contribution is 2.22. The minimum Gasteiger partial charge on any atom is -0.359 e. The average Bonchev–Trinajstić information content (AvgIpc) is 3.42. The van der Waals surface area contributed by atoms with E-state index in [0.29, 0.717) is 25.0 Å². The van der Waals surface area contributed by atoms with Gasteiger partial charge in [-0.15, -0.1) is 0 Å². The van der Waals surface area contributed by atoms with Gasteiger partial charge in [0.1, 0.15) is 5.69 Å². The number of nitrogens with one attached hydrogen (secondary N) is 2. The minimum absolute atomic E-state index is 0.418. The molecule has 0 saturated heterocycles. The molecule has 1 aromatic carbocycles. The molecule has 0 amide bonds. The Morgan fingerprint density at radius 1 is 1.00 bits per heavy atom. The number of benzene rings is 1. The number of aromatic nitrogens is 2. The van der Waals surface area contributed by atoms with Crippen molar-refractivity contribution in [3.63, 3.8) is 0 Å². The maximum absolute atomic E-state index is 5.47. The molecule has 0 atom stereocenters. The molecule has 0 fully saturated rings. The molecular weight excluding hydrogens is 366 g/mol. The quantitative estimate of drug-likeness (QED) is 0.410. The summed E-state index contributed by atoms with van der Waals surface area (Å²) in [5.41, 5.74) is 2.79. The van der Waals surface area contributed by atoms with Crippen LogP contribution in [0.15, 0.2) is 56.5 Å². The van der Waals surface area contributed by atoms with Crippen LogP contribution in [-0.4, -0.2) is 22.8 Å². The van der Waals surface area contributed by atoms with Crippen LogP contribution in [0.4, 0.5) is 0 Å². The Kier molecular flexibility index (Phi) is 7.44. The summed E-state index contributed by atoms with van der Waals surface area (Å²) in [6.07, 6.45) is 2.12. The summed E-state index contributed by atoms with van der Waals surface area (Å²) in [6.45, 7) is 8.07. The van der Waals surface area contributed by atoms with E-state index in [1.165, 1.54) is 0 Å². The second-order valence-corrected chi connectivity index (χ2v) is 6.83. The molecule has 7 nitrogen and oxygen atoms in total. The summed E-state index contributed by atoms with van der Waals surface area (Å²) < 4.78 is 10.9. The van der Waals surface area contributed by atoms with Crippen molar-refractivity contribution in [3.05, 3.63) is 59.6 Å². The van der Waals surface area contributed by atoms with Crippen LogP contribution in [-0.2, 0) is 13.1 Å². The maximum atomic E-state index is 5.47. The van der Waals surface area contributed by atoms with E-state index >= 15 is 0 Å². The van der Waals surface area contributed by atoms with Gasteiger partial charge >= 0.3 is 0 Å². The van der Waals surface area contributed by atoms with Crippen LogP contribution in [0.25, 0.3) is 11.3 Å². The van der Waals surface area contributed by atoms with Crippen LogP contribution >= 0.6 is 0 Å². The highest BCUT2D eigenvalue weighted by Gasteiger charge is 2.13. The van der Waals surface area contributed by atoms with E-state index in [9.17, 15) is 0 Å². The molecule has 0 bridgehead atoms. The number of aliphatic imine (C=N–C) groups is 1. The Morgan fingerprint density at radius 3 is 2.52 bits per heavy atom. The van der Waals surface area contributed by atoms with Crippen LogP contribution in [0.3, 0.4) is 0 Å². The standard InChI is InChI=1S/C22H29N5O2/c1-4-16(5-2)20-13-19(28-27-20)15-25-22(23-6-3)24-14-18-12-21(29-26-18)17-10-8-7-9-11-17/h7-13,16H,4-6,14-15H2,1-3H3,(H2,23,24,25). The SMILES string of the molecule is CCNC(=NCc1cc(-c2ccccc2)on1)NCc1cc(C(CC)CC)no1. The fourth-order valence-electron chi connectivity index (χ4n) is 3.11. The van der Waals surface area contributed by atoms with Gasteiger partial charge in [-0.2, -0.15) is 0 Å². The molecule has 2 aromatic heterocycles. The second kappa shape index (κ2) is 10.5. The molecule has 0 radical (unpaired) electrons. The lowest BCUT2D eigenvalue weighted by atomic mass is 9.99. The van der Waals surface area contributed by atoms with Crippen molar-refractivity contribution in [2.75, 3.05) is 6.54 Å². The summed E-state index contributed by atoms with van der Waals surface area (Å²) in [6, 6.07) is 13.8. The number of guanidine groups is 1. The third-order valence-electron chi connectivity index (χ3n) is 4.77. The van der Waals surface area contributed by atoms with Crippen molar-refractivity contribution >= 4 is 5.96 Å². The molecule has 7 heteroatoms. The van der Waals surface area contributed by atoms with Crippen LogP contribution in [0.5, 0.6) is 0 Å². The molecule has 0 unspecified atom stereocenters. The van der Waals surface area contributed by atoms with Gasteiger partial charge in [0.25, 0.3) is 0 Å². The summed E-state index contributed by atoms with van der Waals surface area (Å²) in [5.74, 6) is 2.67. The van der Waals surface area contributed by atoms with Crippen LogP contribution in [0.1, 0.15) is 56.7 Å². The van der Waals surface area contributed by atoms with E-state index in [1.54, 1.807) is 0 Å². The average molecular weight is 396 g/mol. The highest BCUT2D eigenvalue weighted by atomic mass is 16.5. The first-order chi connectivity index (χ1) is 14.2. The molecule has 29 heavy (non-hydrogen) atoms. The zero-order valence-electron chi connectivity index (χ0n) is 17.3. The molecule has 2 heterocycles. The fourth-order valence-corrected chi connectivity index (χ4v) is 3.11.